The Labute approximate surface area is 141 Å². The number of carboxylic acid groups (broad SMARTS) is 1. The summed E-state index contributed by atoms with van der Waals surface area (Å²) in [4.78, 5) is 15.2. The fourth-order valence-electron chi connectivity index (χ4n) is 2.16. The summed E-state index contributed by atoms with van der Waals surface area (Å²) in [6, 6.07) is 4.42. The maximum Gasteiger partial charge on any atom is 0.417 e. The highest BCUT2D eigenvalue weighted by Crippen LogP contribution is 2.38. The number of rotatable bonds is 4. The van der Waals surface area contributed by atoms with Gasteiger partial charge in [-0.2, -0.15) is 13.2 Å². The zero-order valence-electron chi connectivity index (χ0n) is 13.6. The minimum Gasteiger partial charge on any atom is -0.477 e. The van der Waals surface area contributed by atoms with Crippen LogP contribution in [0.15, 0.2) is 24.3 Å². The fourth-order valence-corrected chi connectivity index (χ4v) is 2.16. The van der Waals surface area contributed by atoms with Gasteiger partial charge in [-0.15, -0.1) is 0 Å². The third kappa shape index (κ3) is 4.07. The number of carbonyl (C=O) groups is 1. The van der Waals surface area contributed by atoms with Crippen LogP contribution in [0.25, 0.3) is 11.3 Å². The van der Waals surface area contributed by atoms with Crippen LogP contribution in [0.2, 0.25) is 0 Å². The minimum absolute atomic E-state index is 0.0825. The molecule has 1 heterocycles. The summed E-state index contributed by atoms with van der Waals surface area (Å²) in [6.45, 7) is 4.56. The van der Waals surface area contributed by atoms with Gasteiger partial charge in [0.05, 0.1) is 17.4 Å². The maximum atomic E-state index is 13.7. The zero-order valence-corrected chi connectivity index (χ0v) is 13.6. The number of halogens is 4. The van der Waals surface area contributed by atoms with Gasteiger partial charge in [-0.3, -0.25) is 0 Å². The SMILES string of the molecule is Cc1ccc(-c2cc(C(F)(F)F)c(C(=O)O)c(OC(C)C)n2)cc1F. The Kier molecular flexibility index (Phi) is 5.01. The Morgan fingerprint density at radius 2 is 1.88 bits per heavy atom. The van der Waals surface area contributed by atoms with E-state index in [1.165, 1.54) is 32.9 Å². The first-order valence-corrected chi connectivity index (χ1v) is 7.29. The summed E-state index contributed by atoms with van der Waals surface area (Å²) in [6.07, 6.45) is -5.54. The van der Waals surface area contributed by atoms with Gasteiger partial charge >= 0.3 is 12.1 Å². The second kappa shape index (κ2) is 6.70. The van der Waals surface area contributed by atoms with Crippen LogP contribution in [0.4, 0.5) is 17.6 Å². The van der Waals surface area contributed by atoms with Crippen molar-refractivity contribution in [1.29, 1.82) is 0 Å². The molecular weight excluding hydrogens is 342 g/mol. The highest BCUT2D eigenvalue weighted by atomic mass is 19.4. The van der Waals surface area contributed by atoms with Crippen LogP contribution in [-0.4, -0.2) is 22.2 Å². The lowest BCUT2D eigenvalue weighted by Gasteiger charge is -2.17. The maximum absolute atomic E-state index is 13.7. The van der Waals surface area contributed by atoms with Crippen molar-refractivity contribution in [2.24, 2.45) is 0 Å². The van der Waals surface area contributed by atoms with Crippen LogP contribution in [0, 0.1) is 12.7 Å². The average molecular weight is 357 g/mol. The second-order valence-electron chi connectivity index (χ2n) is 5.67. The summed E-state index contributed by atoms with van der Waals surface area (Å²) < 4.78 is 58.9. The standard InChI is InChI=1S/C17H15F4NO3/c1-8(2)25-15-14(16(23)24)11(17(19,20)21)7-13(22-15)10-5-4-9(3)12(18)6-10/h4-8H,1-3H3,(H,23,24). The molecule has 0 unspecified atom stereocenters. The molecule has 8 heteroatoms. The van der Waals surface area contributed by atoms with Crippen molar-refractivity contribution in [2.75, 3.05) is 0 Å². The number of carboxylic acids is 1. The van der Waals surface area contributed by atoms with Crippen molar-refractivity contribution < 1.29 is 32.2 Å². The van der Waals surface area contributed by atoms with E-state index in [2.05, 4.69) is 4.98 Å². The fraction of sp³-hybridized carbons (Fsp3) is 0.294. The molecule has 0 fully saturated rings. The van der Waals surface area contributed by atoms with E-state index in [9.17, 15) is 27.5 Å². The van der Waals surface area contributed by atoms with E-state index in [-0.39, 0.29) is 11.3 Å². The van der Waals surface area contributed by atoms with Gasteiger partial charge in [-0.25, -0.2) is 14.2 Å². The smallest absolute Gasteiger partial charge is 0.417 e. The third-order valence-corrected chi connectivity index (χ3v) is 3.32. The number of aryl methyl sites for hydroxylation is 1. The number of alkyl halides is 3. The number of pyridine rings is 1. The Hall–Kier alpha value is -2.64. The number of ether oxygens (including phenoxy) is 1. The average Bonchev–Trinajstić information content (AvgIpc) is 2.47. The predicted octanol–water partition coefficient (Wildman–Crippen LogP) is 4.70. The minimum atomic E-state index is -4.94. The largest absolute Gasteiger partial charge is 0.477 e. The predicted molar refractivity (Wildman–Crippen MR) is 82.1 cm³/mol. The Balaban J connectivity index is 2.77. The van der Waals surface area contributed by atoms with Crippen molar-refractivity contribution in [3.63, 3.8) is 0 Å². The quantitative estimate of drug-likeness (QED) is 0.806. The molecule has 2 rings (SSSR count). The van der Waals surface area contributed by atoms with Gasteiger partial charge in [0.15, 0.2) is 0 Å². The molecule has 1 aromatic heterocycles. The van der Waals surface area contributed by atoms with E-state index in [1.54, 1.807) is 0 Å². The van der Waals surface area contributed by atoms with Gasteiger partial charge in [-0.05, 0) is 38.5 Å². The number of benzene rings is 1. The van der Waals surface area contributed by atoms with Crippen LogP contribution < -0.4 is 4.74 Å². The highest BCUT2D eigenvalue weighted by Gasteiger charge is 2.39. The molecule has 0 aliphatic carbocycles. The Morgan fingerprint density at radius 3 is 2.36 bits per heavy atom. The van der Waals surface area contributed by atoms with Gasteiger partial charge in [0.1, 0.15) is 11.4 Å². The van der Waals surface area contributed by atoms with E-state index in [0.717, 1.165) is 6.07 Å². The lowest BCUT2D eigenvalue weighted by molar-refractivity contribution is -0.138. The molecule has 0 atom stereocenters. The zero-order chi connectivity index (χ0) is 18.9. The first-order valence-electron chi connectivity index (χ1n) is 7.29. The number of nitrogens with zero attached hydrogens (tertiary/aromatic N) is 1. The molecule has 0 saturated carbocycles. The van der Waals surface area contributed by atoms with E-state index < -0.39 is 41.1 Å². The van der Waals surface area contributed by atoms with E-state index in [0.29, 0.717) is 11.6 Å². The van der Waals surface area contributed by atoms with Crippen LogP contribution in [-0.2, 0) is 6.18 Å². The molecule has 25 heavy (non-hydrogen) atoms. The normalized spacial score (nSPS) is 11.7. The van der Waals surface area contributed by atoms with Gasteiger partial charge in [0, 0.05) is 5.56 Å². The summed E-state index contributed by atoms with van der Waals surface area (Å²) in [5, 5.41) is 9.18. The van der Waals surface area contributed by atoms with E-state index in [1.807, 2.05) is 0 Å². The number of hydrogen-bond donors (Lipinski definition) is 1. The Bertz CT molecular complexity index is 816. The number of aromatic carboxylic acids is 1. The van der Waals surface area contributed by atoms with Crippen molar-refractivity contribution in [3.8, 4) is 17.1 Å². The summed E-state index contributed by atoms with van der Waals surface area (Å²) in [7, 11) is 0. The molecule has 2 aromatic rings. The van der Waals surface area contributed by atoms with Gasteiger partial charge in [-0.1, -0.05) is 12.1 Å². The second-order valence-corrected chi connectivity index (χ2v) is 5.67. The molecule has 4 nitrogen and oxygen atoms in total. The molecule has 0 amide bonds. The molecule has 0 bridgehead atoms. The van der Waals surface area contributed by atoms with Crippen molar-refractivity contribution in [3.05, 3.63) is 46.8 Å². The molecule has 1 N–H and O–H groups in total. The molecule has 0 aliphatic heterocycles. The molecule has 1 aromatic carbocycles. The molecule has 0 aliphatic rings. The number of aromatic nitrogens is 1. The third-order valence-electron chi connectivity index (χ3n) is 3.32. The first-order chi connectivity index (χ1) is 11.5. The molecule has 0 spiro atoms. The lowest BCUT2D eigenvalue weighted by atomic mass is 10.0. The molecule has 0 radical (unpaired) electrons. The van der Waals surface area contributed by atoms with Crippen LogP contribution in [0.3, 0.4) is 0 Å². The molecule has 0 saturated heterocycles. The lowest BCUT2D eigenvalue weighted by Crippen LogP contribution is -2.18. The Morgan fingerprint density at radius 1 is 1.24 bits per heavy atom. The van der Waals surface area contributed by atoms with E-state index >= 15 is 0 Å². The molecule has 134 valence electrons. The summed E-state index contributed by atoms with van der Waals surface area (Å²) in [5.74, 6) is -3.08. The van der Waals surface area contributed by atoms with Gasteiger partial charge in [0.2, 0.25) is 5.88 Å². The number of hydrogen-bond acceptors (Lipinski definition) is 3. The summed E-state index contributed by atoms with van der Waals surface area (Å²) in [5.41, 5.74) is -2.30. The van der Waals surface area contributed by atoms with Gasteiger partial charge in [0.25, 0.3) is 0 Å². The first kappa shape index (κ1) is 18.7. The van der Waals surface area contributed by atoms with Gasteiger partial charge < -0.3 is 9.84 Å². The highest BCUT2D eigenvalue weighted by molar-refractivity contribution is 5.93. The molecular formula is C17H15F4NO3. The van der Waals surface area contributed by atoms with Crippen LogP contribution in [0.1, 0.15) is 35.3 Å². The topological polar surface area (TPSA) is 59.4 Å². The van der Waals surface area contributed by atoms with Crippen molar-refractivity contribution >= 4 is 5.97 Å². The van der Waals surface area contributed by atoms with Crippen molar-refractivity contribution in [2.45, 2.75) is 33.1 Å². The van der Waals surface area contributed by atoms with E-state index in [4.69, 9.17) is 4.74 Å². The van der Waals surface area contributed by atoms with Crippen LogP contribution >= 0.6 is 0 Å². The van der Waals surface area contributed by atoms with Crippen LogP contribution in [0.5, 0.6) is 5.88 Å². The summed E-state index contributed by atoms with van der Waals surface area (Å²) >= 11 is 0. The van der Waals surface area contributed by atoms with Crippen molar-refractivity contribution in [1.82, 2.24) is 4.98 Å². The monoisotopic (exact) mass is 357 g/mol.